The largest absolute Gasteiger partial charge is 0.435 e. The van der Waals surface area contributed by atoms with Crippen LogP contribution in [0.4, 0.5) is 13.2 Å². The van der Waals surface area contributed by atoms with Crippen molar-refractivity contribution in [2.24, 2.45) is 12.8 Å². The van der Waals surface area contributed by atoms with Gasteiger partial charge in [-0.3, -0.25) is 4.68 Å². The van der Waals surface area contributed by atoms with Gasteiger partial charge in [0, 0.05) is 18.2 Å². The molecule has 0 radical (unpaired) electrons. The zero-order valence-corrected chi connectivity index (χ0v) is 10.1. The molecule has 2 rings (SSSR count). The zero-order chi connectivity index (χ0) is 12.8. The molecule has 96 valence electrons. The molecular formula is C10H13ClF3N3. The number of nitrogens with two attached hydrogens (primary N) is 1. The summed E-state index contributed by atoms with van der Waals surface area (Å²) >= 11 is 5.91. The van der Waals surface area contributed by atoms with Crippen LogP contribution in [0.2, 0.25) is 5.15 Å². The fourth-order valence-electron chi connectivity index (χ4n) is 2.40. The fourth-order valence-corrected chi connectivity index (χ4v) is 2.71. The molecule has 3 nitrogen and oxygen atoms in total. The molecule has 0 unspecified atom stereocenters. The number of halogens is 4. The maximum atomic E-state index is 12.9. The van der Waals surface area contributed by atoms with E-state index < -0.39 is 17.4 Å². The molecule has 0 amide bonds. The SMILES string of the molecule is Cn1nc(C(F)(F)F)c(C2(N)CCCC2)c1Cl. The molecule has 1 fully saturated rings. The molecule has 2 N–H and O–H groups in total. The Balaban J connectivity index is 2.59. The van der Waals surface area contributed by atoms with Gasteiger partial charge in [-0.25, -0.2) is 0 Å². The highest BCUT2D eigenvalue weighted by atomic mass is 35.5. The summed E-state index contributed by atoms with van der Waals surface area (Å²) in [5, 5.41) is 3.44. The summed E-state index contributed by atoms with van der Waals surface area (Å²) < 4.78 is 39.7. The summed E-state index contributed by atoms with van der Waals surface area (Å²) in [5.74, 6) is 0. The molecule has 0 aromatic carbocycles. The van der Waals surface area contributed by atoms with E-state index in [1.807, 2.05) is 0 Å². The summed E-state index contributed by atoms with van der Waals surface area (Å²) in [6.45, 7) is 0. The van der Waals surface area contributed by atoms with E-state index in [-0.39, 0.29) is 10.7 Å². The van der Waals surface area contributed by atoms with Crippen molar-refractivity contribution in [3.05, 3.63) is 16.4 Å². The Labute approximate surface area is 102 Å². The van der Waals surface area contributed by atoms with Gasteiger partial charge in [-0.2, -0.15) is 18.3 Å². The lowest BCUT2D eigenvalue weighted by Gasteiger charge is -2.24. The lowest BCUT2D eigenvalue weighted by Crippen LogP contribution is -2.35. The van der Waals surface area contributed by atoms with Crippen LogP contribution in [-0.4, -0.2) is 9.78 Å². The topological polar surface area (TPSA) is 43.8 Å². The summed E-state index contributed by atoms with van der Waals surface area (Å²) in [4.78, 5) is 0. The Morgan fingerprint density at radius 1 is 1.35 bits per heavy atom. The van der Waals surface area contributed by atoms with Crippen LogP contribution in [0.5, 0.6) is 0 Å². The molecule has 0 atom stereocenters. The van der Waals surface area contributed by atoms with Crippen molar-refractivity contribution in [1.82, 2.24) is 9.78 Å². The van der Waals surface area contributed by atoms with Crippen LogP contribution in [0.1, 0.15) is 36.9 Å². The van der Waals surface area contributed by atoms with Crippen LogP contribution in [-0.2, 0) is 18.8 Å². The quantitative estimate of drug-likeness (QED) is 0.850. The first-order valence-corrected chi connectivity index (χ1v) is 5.72. The predicted octanol–water partition coefficient (Wildman–Crippen LogP) is 2.82. The third-order valence-corrected chi connectivity index (χ3v) is 3.67. The van der Waals surface area contributed by atoms with Crippen LogP contribution in [0, 0.1) is 0 Å². The molecule has 1 saturated carbocycles. The first-order chi connectivity index (χ1) is 7.76. The minimum atomic E-state index is -4.52. The summed E-state index contributed by atoms with van der Waals surface area (Å²) in [6.07, 6.45) is -1.85. The van der Waals surface area contributed by atoms with Gasteiger partial charge in [-0.15, -0.1) is 0 Å². The summed E-state index contributed by atoms with van der Waals surface area (Å²) in [6, 6.07) is 0. The predicted molar refractivity (Wildman–Crippen MR) is 57.6 cm³/mol. The standard InChI is InChI=1S/C10H13ClF3N3/c1-17-8(11)6(7(16-17)10(12,13)14)9(15)4-2-3-5-9/h2-5,15H2,1H3. The molecule has 0 saturated heterocycles. The van der Waals surface area contributed by atoms with Crippen molar-refractivity contribution in [2.75, 3.05) is 0 Å². The lowest BCUT2D eigenvalue weighted by molar-refractivity contribution is -0.142. The molecule has 1 aromatic heterocycles. The molecule has 1 aliphatic rings. The molecule has 1 heterocycles. The second kappa shape index (κ2) is 3.88. The number of nitrogens with zero attached hydrogens (tertiary/aromatic N) is 2. The smallest absolute Gasteiger partial charge is 0.321 e. The maximum absolute atomic E-state index is 12.9. The second-order valence-corrected chi connectivity index (χ2v) is 4.86. The van der Waals surface area contributed by atoms with E-state index in [9.17, 15) is 13.2 Å². The van der Waals surface area contributed by atoms with Gasteiger partial charge in [0.05, 0.1) is 0 Å². The van der Waals surface area contributed by atoms with Gasteiger partial charge in [-0.05, 0) is 12.8 Å². The van der Waals surface area contributed by atoms with E-state index in [2.05, 4.69) is 5.10 Å². The minimum Gasteiger partial charge on any atom is -0.321 e. The maximum Gasteiger partial charge on any atom is 0.435 e. The van der Waals surface area contributed by atoms with Crippen molar-refractivity contribution >= 4 is 11.6 Å². The normalized spacial score (nSPS) is 19.9. The van der Waals surface area contributed by atoms with Gasteiger partial charge < -0.3 is 5.73 Å². The van der Waals surface area contributed by atoms with Crippen LogP contribution < -0.4 is 5.73 Å². The van der Waals surface area contributed by atoms with Gasteiger partial charge in [0.15, 0.2) is 5.69 Å². The molecular weight excluding hydrogens is 255 g/mol. The van der Waals surface area contributed by atoms with Crippen molar-refractivity contribution in [3.8, 4) is 0 Å². The lowest BCUT2D eigenvalue weighted by atomic mass is 9.89. The van der Waals surface area contributed by atoms with Crippen molar-refractivity contribution in [2.45, 2.75) is 37.4 Å². The highest BCUT2D eigenvalue weighted by Gasteiger charge is 2.46. The Morgan fingerprint density at radius 2 is 1.88 bits per heavy atom. The molecule has 0 bridgehead atoms. The third kappa shape index (κ3) is 2.04. The van der Waals surface area contributed by atoms with Gasteiger partial charge in [0.1, 0.15) is 5.15 Å². The zero-order valence-electron chi connectivity index (χ0n) is 9.31. The number of hydrogen-bond donors (Lipinski definition) is 1. The van der Waals surface area contributed by atoms with Gasteiger partial charge in [0.25, 0.3) is 0 Å². The summed E-state index contributed by atoms with van der Waals surface area (Å²) in [5.41, 5.74) is 4.07. The first-order valence-electron chi connectivity index (χ1n) is 5.35. The highest BCUT2D eigenvalue weighted by Crippen LogP contribution is 2.45. The van der Waals surface area contributed by atoms with Crippen LogP contribution >= 0.6 is 11.6 Å². The van der Waals surface area contributed by atoms with E-state index in [0.29, 0.717) is 12.8 Å². The average molecular weight is 268 g/mol. The van der Waals surface area contributed by atoms with Crippen LogP contribution in [0.15, 0.2) is 0 Å². The van der Waals surface area contributed by atoms with E-state index in [0.717, 1.165) is 17.5 Å². The van der Waals surface area contributed by atoms with E-state index >= 15 is 0 Å². The number of aryl methyl sites for hydroxylation is 1. The molecule has 0 spiro atoms. The summed E-state index contributed by atoms with van der Waals surface area (Å²) in [7, 11) is 1.39. The van der Waals surface area contributed by atoms with Crippen molar-refractivity contribution < 1.29 is 13.2 Å². The van der Waals surface area contributed by atoms with E-state index in [4.69, 9.17) is 17.3 Å². The van der Waals surface area contributed by atoms with E-state index in [1.165, 1.54) is 7.05 Å². The third-order valence-electron chi connectivity index (χ3n) is 3.24. The monoisotopic (exact) mass is 267 g/mol. The van der Waals surface area contributed by atoms with Crippen LogP contribution in [0.3, 0.4) is 0 Å². The Hall–Kier alpha value is -0.750. The second-order valence-electron chi connectivity index (χ2n) is 4.50. The van der Waals surface area contributed by atoms with Gasteiger partial charge >= 0.3 is 6.18 Å². The first kappa shape index (κ1) is 12.7. The molecule has 7 heteroatoms. The average Bonchev–Trinajstić information content (AvgIpc) is 2.73. The molecule has 17 heavy (non-hydrogen) atoms. The van der Waals surface area contributed by atoms with E-state index in [1.54, 1.807) is 0 Å². The van der Waals surface area contributed by atoms with Crippen molar-refractivity contribution in [3.63, 3.8) is 0 Å². The Bertz CT molecular complexity index is 433. The molecule has 0 aliphatic heterocycles. The Morgan fingerprint density at radius 3 is 2.35 bits per heavy atom. The number of rotatable bonds is 1. The highest BCUT2D eigenvalue weighted by molar-refractivity contribution is 6.30. The van der Waals surface area contributed by atoms with Gasteiger partial charge in [0.2, 0.25) is 0 Å². The number of aromatic nitrogens is 2. The number of hydrogen-bond acceptors (Lipinski definition) is 2. The fraction of sp³-hybridized carbons (Fsp3) is 0.700. The molecule has 1 aliphatic carbocycles. The molecule has 1 aromatic rings. The van der Waals surface area contributed by atoms with Crippen molar-refractivity contribution in [1.29, 1.82) is 0 Å². The van der Waals surface area contributed by atoms with Crippen LogP contribution in [0.25, 0.3) is 0 Å². The Kier molecular flexibility index (Phi) is 2.90. The number of alkyl halides is 3. The minimum absolute atomic E-state index is 0.0123. The van der Waals surface area contributed by atoms with Gasteiger partial charge in [-0.1, -0.05) is 24.4 Å².